The lowest BCUT2D eigenvalue weighted by atomic mass is 10.1. The number of amides is 2. The van der Waals surface area contributed by atoms with Crippen molar-refractivity contribution in [2.75, 3.05) is 17.7 Å². The Morgan fingerprint density at radius 1 is 0.692 bits per heavy atom. The third-order valence-electron chi connectivity index (χ3n) is 7.62. The van der Waals surface area contributed by atoms with Crippen molar-refractivity contribution in [2.45, 2.75) is 13.1 Å². The fourth-order valence-corrected chi connectivity index (χ4v) is 5.10. The topological polar surface area (TPSA) is 210 Å². The number of hydrogen-bond acceptors (Lipinski definition) is 10. The number of halogens is 2. The number of carbonyl (C=O) groups excluding carboxylic acids is 2. The molecule has 52 heavy (non-hydrogen) atoms. The number of aromatic nitrogens is 7. The van der Waals surface area contributed by atoms with Gasteiger partial charge in [-0.3, -0.25) is 19.1 Å². The normalized spacial score (nSPS) is 11.0. The maximum absolute atomic E-state index is 15.2. The first-order valence-corrected chi connectivity index (χ1v) is 15.2. The van der Waals surface area contributed by atoms with Gasteiger partial charge in [0.2, 0.25) is 0 Å². The zero-order valence-electron chi connectivity index (χ0n) is 26.9. The average Bonchev–Trinajstić information content (AvgIpc) is 3.87. The van der Waals surface area contributed by atoms with Crippen LogP contribution in [0.1, 0.15) is 52.8 Å². The maximum atomic E-state index is 15.2. The maximum Gasteiger partial charge on any atom is 0.337 e. The molecule has 16 nitrogen and oxygen atoms in total. The Kier molecular flexibility index (Phi) is 9.81. The highest BCUT2D eigenvalue weighted by molar-refractivity contribution is 6.07. The van der Waals surface area contributed by atoms with Gasteiger partial charge in [0.15, 0.2) is 23.0 Å². The van der Waals surface area contributed by atoms with Crippen LogP contribution in [0.3, 0.4) is 0 Å². The van der Waals surface area contributed by atoms with E-state index in [9.17, 15) is 29.4 Å². The van der Waals surface area contributed by atoms with Crippen LogP contribution in [0.15, 0.2) is 91.8 Å². The number of anilines is 2. The van der Waals surface area contributed by atoms with E-state index in [0.717, 1.165) is 24.3 Å². The molecule has 6 aromatic rings. The highest BCUT2D eigenvalue weighted by atomic mass is 19.1. The van der Waals surface area contributed by atoms with Gasteiger partial charge in [-0.1, -0.05) is 0 Å². The molecule has 6 rings (SSSR count). The van der Waals surface area contributed by atoms with E-state index in [1.165, 1.54) is 42.7 Å². The van der Waals surface area contributed by atoms with Crippen LogP contribution in [0.2, 0.25) is 0 Å². The van der Waals surface area contributed by atoms with Crippen molar-refractivity contribution in [3.63, 3.8) is 0 Å². The van der Waals surface area contributed by atoms with Gasteiger partial charge in [-0.2, -0.15) is 0 Å². The minimum Gasteiger partial charge on any atom is -0.478 e. The number of benzene rings is 2. The third-order valence-corrected chi connectivity index (χ3v) is 7.62. The SMILES string of the molecule is CN(Cc1cc(NC(=O)c2ccc(-n3cccc3)nn2)c(C(=O)O)cc1F)Cc1cc(NC(=O)c2ccc(-n3ccnc3)nn2)c(C(=O)O)cc1F. The van der Waals surface area contributed by atoms with Gasteiger partial charge in [0.1, 0.15) is 18.0 Å². The van der Waals surface area contributed by atoms with Gasteiger partial charge in [-0.05, 0) is 67.7 Å². The van der Waals surface area contributed by atoms with Crippen LogP contribution in [-0.2, 0) is 13.1 Å². The van der Waals surface area contributed by atoms with E-state index in [4.69, 9.17) is 0 Å². The number of carbonyl (C=O) groups is 4. The number of carboxylic acid groups (broad SMARTS) is 2. The van der Waals surface area contributed by atoms with Crippen molar-refractivity contribution in [1.82, 2.24) is 39.4 Å². The standard InChI is InChI=1S/C34H26F2N10O6/c1-44(16-19-12-27(21(33(49)50)14-23(19)35)38-31(47)25-4-6-29(42-40-25)45-9-2-3-10-45)17-20-13-28(22(34(51)52)15-24(20)36)39-32(48)26-5-7-30(43-41-26)46-11-8-37-18-46/h2-15,18H,16-17H2,1H3,(H,38,47)(H,39,48)(H,49,50)(H,51,52). The molecule has 2 aromatic carbocycles. The summed E-state index contributed by atoms with van der Waals surface area (Å²) < 4.78 is 33.6. The second-order valence-corrected chi connectivity index (χ2v) is 11.3. The molecule has 0 fully saturated rings. The lowest BCUT2D eigenvalue weighted by molar-refractivity contribution is 0.0686. The molecule has 0 aliphatic rings. The van der Waals surface area contributed by atoms with Crippen LogP contribution in [0.5, 0.6) is 0 Å². The Morgan fingerprint density at radius 2 is 1.17 bits per heavy atom. The number of hydrogen-bond donors (Lipinski definition) is 4. The van der Waals surface area contributed by atoms with Gasteiger partial charge < -0.3 is 25.4 Å². The molecule has 2 amide bonds. The molecule has 0 spiro atoms. The monoisotopic (exact) mass is 708 g/mol. The summed E-state index contributed by atoms with van der Waals surface area (Å²) >= 11 is 0. The molecule has 0 aliphatic carbocycles. The van der Waals surface area contributed by atoms with Gasteiger partial charge in [0.25, 0.3) is 11.8 Å². The number of carboxylic acids is 2. The fraction of sp³-hybridized carbons (Fsp3) is 0.0882. The number of imidazole rings is 1. The minimum absolute atomic E-state index is 0.0503. The average molecular weight is 709 g/mol. The predicted octanol–water partition coefficient (Wildman–Crippen LogP) is 4.05. The molecule has 0 unspecified atom stereocenters. The smallest absolute Gasteiger partial charge is 0.337 e. The first-order valence-electron chi connectivity index (χ1n) is 15.2. The molecular weight excluding hydrogens is 682 g/mol. The molecule has 4 aromatic heterocycles. The van der Waals surface area contributed by atoms with E-state index in [1.807, 2.05) is 0 Å². The predicted molar refractivity (Wildman–Crippen MR) is 178 cm³/mol. The number of nitrogens with one attached hydrogen (secondary N) is 2. The van der Waals surface area contributed by atoms with Crippen LogP contribution in [0.4, 0.5) is 20.2 Å². The fourth-order valence-electron chi connectivity index (χ4n) is 5.10. The Hall–Kier alpha value is -7.21. The van der Waals surface area contributed by atoms with Gasteiger partial charge in [0, 0.05) is 49.0 Å². The van der Waals surface area contributed by atoms with E-state index >= 15 is 8.78 Å². The summed E-state index contributed by atoms with van der Waals surface area (Å²) in [5.41, 5.74) is -1.88. The Balaban J connectivity index is 1.19. The van der Waals surface area contributed by atoms with E-state index in [1.54, 1.807) is 45.9 Å². The Labute approximate surface area is 292 Å². The quantitative estimate of drug-likeness (QED) is 0.142. The molecule has 0 saturated heterocycles. The van der Waals surface area contributed by atoms with Crippen LogP contribution < -0.4 is 10.6 Å². The first kappa shape index (κ1) is 34.6. The van der Waals surface area contributed by atoms with Crippen LogP contribution in [-0.4, -0.2) is 80.4 Å². The van der Waals surface area contributed by atoms with Crippen LogP contribution >= 0.6 is 0 Å². The zero-order chi connectivity index (χ0) is 36.9. The van der Waals surface area contributed by atoms with Crippen molar-refractivity contribution in [3.05, 3.63) is 137 Å². The lowest BCUT2D eigenvalue weighted by Crippen LogP contribution is -2.22. The molecule has 4 heterocycles. The molecule has 18 heteroatoms. The second-order valence-electron chi connectivity index (χ2n) is 11.3. The molecule has 262 valence electrons. The number of nitrogens with zero attached hydrogens (tertiary/aromatic N) is 8. The van der Waals surface area contributed by atoms with Gasteiger partial charge in [-0.15, -0.1) is 20.4 Å². The van der Waals surface area contributed by atoms with Crippen molar-refractivity contribution in [1.29, 1.82) is 0 Å². The van der Waals surface area contributed by atoms with Crippen molar-refractivity contribution in [2.24, 2.45) is 0 Å². The summed E-state index contributed by atoms with van der Waals surface area (Å²) in [4.78, 5) is 55.2. The van der Waals surface area contributed by atoms with Crippen molar-refractivity contribution < 1.29 is 38.2 Å². The lowest BCUT2D eigenvalue weighted by Gasteiger charge is -2.20. The molecule has 0 atom stereocenters. The highest BCUT2D eigenvalue weighted by Crippen LogP contribution is 2.26. The summed E-state index contributed by atoms with van der Waals surface area (Å²) in [5, 5.41) is 40.0. The molecular formula is C34H26F2N10O6. The van der Waals surface area contributed by atoms with Gasteiger partial charge in [-0.25, -0.2) is 23.4 Å². The Morgan fingerprint density at radius 3 is 1.58 bits per heavy atom. The van der Waals surface area contributed by atoms with E-state index in [2.05, 4.69) is 36.0 Å². The van der Waals surface area contributed by atoms with Gasteiger partial charge >= 0.3 is 11.9 Å². The largest absolute Gasteiger partial charge is 0.478 e. The van der Waals surface area contributed by atoms with E-state index in [0.29, 0.717) is 11.6 Å². The minimum atomic E-state index is -1.51. The van der Waals surface area contributed by atoms with Crippen LogP contribution in [0, 0.1) is 11.6 Å². The molecule has 0 radical (unpaired) electrons. The summed E-state index contributed by atoms with van der Waals surface area (Å²) in [6.07, 6.45) is 8.11. The molecule has 0 saturated carbocycles. The highest BCUT2D eigenvalue weighted by Gasteiger charge is 2.22. The van der Waals surface area contributed by atoms with Gasteiger partial charge in [0.05, 0.1) is 22.5 Å². The number of rotatable bonds is 12. The van der Waals surface area contributed by atoms with Crippen molar-refractivity contribution >= 4 is 35.1 Å². The molecule has 0 bridgehead atoms. The Bertz CT molecular complexity index is 2120. The van der Waals surface area contributed by atoms with Crippen molar-refractivity contribution in [3.8, 4) is 11.6 Å². The summed E-state index contributed by atoms with van der Waals surface area (Å²) in [6.45, 7) is -0.417. The molecule has 0 aliphatic heterocycles. The van der Waals surface area contributed by atoms with Crippen LogP contribution in [0.25, 0.3) is 11.6 Å². The molecule has 4 N–H and O–H groups in total. The second kappa shape index (κ2) is 14.7. The van der Waals surface area contributed by atoms with E-state index in [-0.39, 0.29) is 47.0 Å². The summed E-state index contributed by atoms with van der Waals surface area (Å²) in [7, 11) is 1.50. The van der Waals surface area contributed by atoms with E-state index < -0.39 is 46.5 Å². The number of aromatic carboxylic acids is 2. The first-order chi connectivity index (χ1) is 25.0. The zero-order valence-corrected chi connectivity index (χ0v) is 26.9. The summed E-state index contributed by atoms with van der Waals surface area (Å²) in [5.74, 6) is -5.62. The third kappa shape index (κ3) is 7.66. The summed E-state index contributed by atoms with van der Waals surface area (Å²) in [6, 6.07) is 13.1.